The predicted octanol–water partition coefficient (Wildman–Crippen LogP) is 5.34. The summed E-state index contributed by atoms with van der Waals surface area (Å²) in [7, 11) is 0. The van der Waals surface area contributed by atoms with Crippen LogP contribution in [0.25, 0.3) is 0 Å². The number of aliphatic carboxylic acids is 2. The van der Waals surface area contributed by atoms with Gasteiger partial charge in [-0.2, -0.15) is 0 Å². The minimum absolute atomic E-state index is 0.292. The molecule has 0 aromatic heterocycles. The first-order valence-electron chi connectivity index (χ1n) is 9.42. The summed E-state index contributed by atoms with van der Waals surface area (Å²) in [6, 6.07) is 0. The van der Waals surface area contributed by atoms with Crippen LogP contribution in [-0.4, -0.2) is 48.6 Å². The molecule has 29 heavy (non-hydrogen) atoms. The second-order valence-electron chi connectivity index (χ2n) is 4.93. The van der Waals surface area contributed by atoms with E-state index in [1.807, 2.05) is 41.5 Å². The molecule has 0 saturated carbocycles. The molecule has 13 heteroatoms. The first-order valence-corrected chi connectivity index (χ1v) is 14.5. The van der Waals surface area contributed by atoms with Crippen molar-refractivity contribution in [2.75, 3.05) is 26.4 Å². The van der Waals surface area contributed by atoms with Crippen LogP contribution in [0.2, 0.25) is 0 Å². The van der Waals surface area contributed by atoms with Crippen LogP contribution in [0.3, 0.4) is 0 Å². The summed E-state index contributed by atoms with van der Waals surface area (Å²) in [5, 5.41) is 15.8. The Hall–Kier alpha value is 0.0400. The van der Waals surface area contributed by atoms with Gasteiger partial charge >= 0.3 is 25.4 Å². The predicted molar refractivity (Wildman–Crippen MR) is 121 cm³/mol. The van der Waals surface area contributed by atoms with E-state index >= 15 is 0 Å². The largest absolute Gasteiger partial charge is 0.481 e. The van der Waals surface area contributed by atoms with Crippen molar-refractivity contribution >= 4 is 49.0 Å². The van der Waals surface area contributed by atoms with Crippen molar-refractivity contribution in [3.05, 3.63) is 0 Å². The molecule has 0 bridgehead atoms. The summed E-state index contributed by atoms with van der Waals surface area (Å²) in [4.78, 5) is 19.2. The van der Waals surface area contributed by atoms with Crippen molar-refractivity contribution in [3.8, 4) is 0 Å². The highest BCUT2D eigenvalue weighted by atomic mass is 32.5. The molecule has 0 aliphatic carbocycles. The number of rotatable bonds is 14. The van der Waals surface area contributed by atoms with Gasteiger partial charge in [0, 0.05) is 12.8 Å². The first kappa shape index (κ1) is 33.7. The van der Waals surface area contributed by atoms with Crippen molar-refractivity contribution in [2.45, 2.75) is 67.2 Å². The summed E-state index contributed by atoms with van der Waals surface area (Å²) in [5.74, 6) is -1.42. The van der Waals surface area contributed by atoms with Crippen LogP contribution in [0.15, 0.2) is 0 Å². The zero-order valence-corrected chi connectivity index (χ0v) is 21.5. The molecule has 0 spiro atoms. The average Bonchev–Trinajstić information content (AvgIpc) is 2.56. The first-order chi connectivity index (χ1) is 13.5. The van der Waals surface area contributed by atoms with E-state index in [9.17, 15) is 9.59 Å². The molecule has 0 aliphatic heterocycles. The van der Waals surface area contributed by atoms with Crippen molar-refractivity contribution in [1.82, 2.24) is 0 Å². The molecule has 0 fully saturated rings. The molecular formula is C16H36O9P2S2. The van der Waals surface area contributed by atoms with Gasteiger partial charge in [0.2, 0.25) is 0 Å². The van der Waals surface area contributed by atoms with Gasteiger partial charge in [-0.1, -0.05) is 13.8 Å². The Kier molecular flexibility index (Phi) is 24.7. The normalized spacial score (nSPS) is 11.0. The van der Waals surface area contributed by atoms with Gasteiger partial charge in [0.15, 0.2) is 0 Å². The lowest BCUT2D eigenvalue weighted by Crippen LogP contribution is -2.03. The van der Waals surface area contributed by atoms with E-state index in [0.717, 1.165) is 12.8 Å². The molecule has 0 rings (SSSR count). The maximum atomic E-state index is 9.60. The molecule has 0 atom stereocenters. The lowest BCUT2D eigenvalue weighted by molar-refractivity contribution is -0.138. The molecule has 0 heterocycles. The molecule has 2 N–H and O–H groups in total. The fourth-order valence-electron chi connectivity index (χ4n) is 1.35. The van der Waals surface area contributed by atoms with E-state index in [1.54, 1.807) is 0 Å². The maximum absolute atomic E-state index is 9.60. The van der Waals surface area contributed by atoms with Gasteiger partial charge in [0.05, 0.1) is 26.4 Å². The number of carboxylic acid groups (broad SMARTS) is 2. The topological polar surface area (TPSA) is 121 Å². The second kappa shape index (κ2) is 21.3. The van der Waals surface area contributed by atoms with Crippen LogP contribution in [0, 0.1) is 0 Å². The summed E-state index contributed by atoms with van der Waals surface area (Å²) in [6.45, 7) is 6.77. The van der Waals surface area contributed by atoms with Crippen LogP contribution in [0.1, 0.15) is 67.2 Å². The highest BCUT2D eigenvalue weighted by molar-refractivity contribution is 8.14. The summed E-state index contributed by atoms with van der Waals surface area (Å²) in [5.41, 5.74) is 0. The lowest BCUT2D eigenvalue weighted by Gasteiger charge is -2.27. The Morgan fingerprint density at radius 1 is 0.655 bits per heavy atom. The van der Waals surface area contributed by atoms with Crippen LogP contribution in [0.4, 0.5) is 0 Å². The summed E-state index contributed by atoms with van der Waals surface area (Å²) < 4.78 is 26.9. The van der Waals surface area contributed by atoms with Gasteiger partial charge in [0.1, 0.15) is 0 Å². The highest BCUT2D eigenvalue weighted by Gasteiger charge is 2.31. The molecule has 0 unspecified atom stereocenters. The van der Waals surface area contributed by atoms with Crippen molar-refractivity contribution in [2.24, 2.45) is 0 Å². The fraction of sp³-hybridized carbons (Fsp3) is 0.875. The Bertz CT molecular complexity index is 455. The van der Waals surface area contributed by atoms with Gasteiger partial charge < -0.3 is 28.3 Å². The fourth-order valence-corrected chi connectivity index (χ4v) is 7.72. The molecule has 0 saturated heterocycles. The Balaban J connectivity index is -0.000000460. The molecule has 0 aliphatic rings. The number of hydrogen-bond acceptors (Lipinski definition) is 9. The number of carboxylic acids is 2. The second-order valence-corrected chi connectivity index (χ2v) is 11.1. The Morgan fingerprint density at radius 2 is 0.897 bits per heavy atom. The van der Waals surface area contributed by atoms with Gasteiger partial charge in [-0.3, -0.25) is 9.59 Å². The van der Waals surface area contributed by atoms with Crippen LogP contribution >= 0.6 is 13.4 Å². The SMILES string of the molecule is CCCC(=O)O.CCCC(=O)O.CCOP(=S)(OCC)OP(=S)(OCC)OCC. The maximum Gasteiger partial charge on any atom is 0.334 e. The van der Waals surface area contributed by atoms with E-state index in [4.69, 9.17) is 56.2 Å². The zero-order valence-electron chi connectivity index (χ0n) is 18.1. The van der Waals surface area contributed by atoms with E-state index in [2.05, 4.69) is 0 Å². The molecule has 176 valence electrons. The van der Waals surface area contributed by atoms with Crippen LogP contribution in [-0.2, 0) is 55.6 Å². The van der Waals surface area contributed by atoms with Gasteiger partial charge in [0.25, 0.3) is 0 Å². The number of hydrogen-bond donors (Lipinski definition) is 2. The molecule has 0 amide bonds. The van der Waals surface area contributed by atoms with Crippen molar-refractivity contribution in [3.63, 3.8) is 0 Å². The van der Waals surface area contributed by atoms with E-state index in [1.165, 1.54) is 0 Å². The van der Waals surface area contributed by atoms with Gasteiger partial charge in [-0.05, 0) is 64.2 Å². The number of carbonyl (C=O) groups is 2. The minimum Gasteiger partial charge on any atom is -0.481 e. The Labute approximate surface area is 184 Å². The third-order valence-corrected chi connectivity index (χ3v) is 8.64. The highest BCUT2D eigenvalue weighted by Crippen LogP contribution is 2.66. The van der Waals surface area contributed by atoms with E-state index < -0.39 is 25.4 Å². The average molecular weight is 499 g/mol. The van der Waals surface area contributed by atoms with E-state index in [0.29, 0.717) is 39.3 Å². The molecular weight excluding hydrogens is 462 g/mol. The monoisotopic (exact) mass is 498 g/mol. The van der Waals surface area contributed by atoms with Crippen LogP contribution in [0.5, 0.6) is 0 Å². The third-order valence-electron chi connectivity index (χ3n) is 2.28. The zero-order chi connectivity index (χ0) is 23.3. The molecule has 9 nitrogen and oxygen atoms in total. The van der Waals surface area contributed by atoms with Crippen molar-refractivity contribution < 1.29 is 42.2 Å². The molecule has 0 radical (unpaired) electrons. The van der Waals surface area contributed by atoms with E-state index in [-0.39, 0.29) is 0 Å². The smallest absolute Gasteiger partial charge is 0.334 e. The summed E-state index contributed by atoms with van der Waals surface area (Å²) >= 11 is 10.4. The minimum atomic E-state index is -2.87. The molecule has 0 aromatic rings. The standard InChI is InChI=1S/C8H20O5P2S2.2C4H8O2/c1-5-9-14(16,10-6-2)13-15(17,11-7-3)12-8-4;2*1-2-3-4(5)6/h5-8H2,1-4H3;2*2-3H2,1H3,(H,5,6). The molecule has 0 aromatic carbocycles. The van der Waals surface area contributed by atoms with Crippen molar-refractivity contribution in [1.29, 1.82) is 0 Å². The van der Waals surface area contributed by atoms with Crippen LogP contribution < -0.4 is 0 Å². The van der Waals surface area contributed by atoms with Gasteiger partial charge in [-0.15, -0.1) is 0 Å². The summed E-state index contributed by atoms with van der Waals surface area (Å²) in [6.07, 6.45) is 2.05. The third kappa shape index (κ3) is 24.2. The van der Waals surface area contributed by atoms with Gasteiger partial charge in [-0.25, -0.2) is 4.31 Å². The lowest BCUT2D eigenvalue weighted by atomic mass is 10.4. The quantitative estimate of drug-likeness (QED) is 0.302. The Morgan fingerprint density at radius 3 is 1.00 bits per heavy atom.